The third kappa shape index (κ3) is 39.7. The standard InChI is InChI=1S/C61H117NO9/c1-3-5-7-9-11-13-15-17-19-20-21-22-23-24-25-26-27-28-29-30-31-32-33-34-36-38-40-42-44-46-48-50-55(65)60(69)62-53(52-70-61-59(68)58(67)57(66)56(51-63)71-61)54(64)49-47-45-43-41-39-37-35-18-16-14-12-10-8-6-4-2/h39,41,47,49,53-59,61,63-68H,3-38,40,42-46,48,50-52H2,1-2H3,(H,62,69)/b41-39+,49-47+. The van der Waals surface area contributed by atoms with Gasteiger partial charge in [0.25, 0.3) is 0 Å². The fourth-order valence-corrected chi connectivity index (χ4v) is 9.95. The van der Waals surface area contributed by atoms with Gasteiger partial charge in [-0.25, -0.2) is 0 Å². The highest BCUT2D eigenvalue weighted by molar-refractivity contribution is 5.80. The quantitative estimate of drug-likeness (QED) is 0.0232. The SMILES string of the molecule is CCCCCCCCCCC/C=C/CC/C=C/C(O)C(COC1OC(CO)C(O)C(O)C1O)NC(=O)C(O)CCCCCCCCCCCCCCCCCCCCCCCCCCCCCCCCC. The first kappa shape index (κ1) is 67.6. The van der Waals surface area contributed by atoms with Crippen LogP contribution in [0.4, 0.5) is 0 Å². The van der Waals surface area contributed by atoms with Gasteiger partial charge >= 0.3 is 0 Å². The van der Waals surface area contributed by atoms with Crippen LogP contribution in [0.5, 0.6) is 0 Å². The van der Waals surface area contributed by atoms with Crippen molar-refractivity contribution in [2.24, 2.45) is 0 Å². The number of aliphatic hydroxyl groups is 6. The van der Waals surface area contributed by atoms with Gasteiger partial charge in [0.05, 0.1) is 25.4 Å². The Bertz CT molecular complexity index is 1190. The van der Waals surface area contributed by atoms with Gasteiger partial charge in [-0.15, -0.1) is 0 Å². The fraction of sp³-hybridized carbons (Fsp3) is 0.918. The first-order chi connectivity index (χ1) is 34.8. The van der Waals surface area contributed by atoms with Crippen LogP contribution >= 0.6 is 0 Å². The van der Waals surface area contributed by atoms with E-state index < -0.39 is 61.5 Å². The maximum atomic E-state index is 13.1. The molecule has 0 aromatic carbocycles. The molecule has 7 N–H and O–H groups in total. The molecular formula is C61H117NO9. The Morgan fingerprint density at radius 3 is 1.23 bits per heavy atom. The lowest BCUT2D eigenvalue weighted by atomic mass is 9.99. The molecule has 0 aromatic rings. The van der Waals surface area contributed by atoms with Crippen molar-refractivity contribution in [3.05, 3.63) is 24.3 Å². The fourth-order valence-electron chi connectivity index (χ4n) is 9.95. The molecule has 71 heavy (non-hydrogen) atoms. The minimum atomic E-state index is -1.61. The van der Waals surface area contributed by atoms with E-state index in [4.69, 9.17) is 9.47 Å². The van der Waals surface area contributed by atoms with Gasteiger partial charge in [0.15, 0.2) is 6.29 Å². The second-order valence-electron chi connectivity index (χ2n) is 21.6. The number of hydrogen-bond donors (Lipinski definition) is 7. The molecule has 1 rings (SSSR count). The Kier molecular flexibility index (Phi) is 48.4. The zero-order valence-corrected chi connectivity index (χ0v) is 46.4. The number of hydrogen-bond acceptors (Lipinski definition) is 9. The van der Waals surface area contributed by atoms with Gasteiger partial charge in [-0.05, 0) is 32.1 Å². The number of aliphatic hydroxyl groups excluding tert-OH is 6. The van der Waals surface area contributed by atoms with Crippen molar-refractivity contribution in [2.45, 2.75) is 345 Å². The predicted molar refractivity (Wildman–Crippen MR) is 296 cm³/mol. The van der Waals surface area contributed by atoms with Crippen molar-refractivity contribution in [1.29, 1.82) is 0 Å². The summed E-state index contributed by atoms with van der Waals surface area (Å²) in [5, 5.41) is 65.0. The van der Waals surface area contributed by atoms with E-state index in [0.717, 1.165) is 38.5 Å². The van der Waals surface area contributed by atoms with Gasteiger partial charge in [-0.3, -0.25) is 4.79 Å². The molecule has 1 aliphatic rings. The lowest BCUT2D eigenvalue weighted by Gasteiger charge is -2.40. The molecule has 8 unspecified atom stereocenters. The topological polar surface area (TPSA) is 169 Å². The highest BCUT2D eigenvalue weighted by Gasteiger charge is 2.44. The molecule has 0 bridgehead atoms. The molecule has 0 aliphatic carbocycles. The number of unbranched alkanes of at least 4 members (excludes halogenated alkanes) is 40. The Hall–Kier alpha value is -1.37. The average Bonchev–Trinajstić information content (AvgIpc) is 3.37. The maximum absolute atomic E-state index is 13.1. The van der Waals surface area contributed by atoms with Crippen molar-refractivity contribution >= 4 is 5.91 Å². The summed E-state index contributed by atoms with van der Waals surface area (Å²) < 4.78 is 11.2. The van der Waals surface area contributed by atoms with Crippen LogP contribution in [0.3, 0.4) is 0 Å². The third-order valence-corrected chi connectivity index (χ3v) is 14.9. The Balaban J connectivity index is 2.16. The maximum Gasteiger partial charge on any atom is 0.249 e. The van der Waals surface area contributed by atoms with Gasteiger partial charge in [0.1, 0.15) is 30.5 Å². The average molecular weight is 1010 g/mol. The molecule has 10 heteroatoms. The first-order valence-corrected chi connectivity index (χ1v) is 30.7. The Morgan fingerprint density at radius 2 is 0.831 bits per heavy atom. The van der Waals surface area contributed by atoms with Gasteiger partial charge in [0, 0.05) is 0 Å². The molecule has 0 saturated carbocycles. The van der Waals surface area contributed by atoms with Crippen molar-refractivity contribution in [3.63, 3.8) is 0 Å². The monoisotopic (exact) mass is 1010 g/mol. The number of carbonyl (C=O) groups excluding carboxylic acids is 1. The van der Waals surface area contributed by atoms with E-state index in [0.29, 0.717) is 12.8 Å². The molecule has 8 atom stereocenters. The van der Waals surface area contributed by atoms with Gasteiger partial charge in [-0.2, -0.15) is 0 Å². The molecule has 1 fully saturated rings. The minimum Gasteiger partial charge on any atom is -0.394 e. The summed E-state index contributed by atoms with van der Waals surface area (Å²) in [5.41, 5.74) is 0. The van der Waals surface area contributed by atoms with Gasteiger partial charge < -0.3 is 45.4 Å². The van der Waals surface area contributed by atoms with Crippen molar-refractivity contribution in [3.8, 4) is 0 Å². The van der Waals surface area contributed by atoms with E-state index >= 15 is 0 Å². The Morgan fingerprint density at radius 1 is 0.479 bits per heavy atom. The van der Waals surface area contributed by atoms with E-state index in [9.17, 15) is 35.4 Å². The van der Waals surface area contributed by atoms with Crippen LogP contribution in [0.2, 0.25) is 0 Å². The van der Waals surface area contributed by atoms with Crippen LogP contribution in [0, 0.1) is 0 Å². The second kappa shape index (κ2) is 50.8. The normalized spacial score (nSPS) is 19.8. The van der Waals surface area contributed by atoms with Crippen LogP contribution in [0.25, 0.3) is 0 Å². The molecule has 1 saturated heterocycles. The lowest BCUT2D eigenvalue weighted by molar-refractivity contribution is -0.302. The Labute approximate surface area is 437 Å². The number of allylic oxidation sites excluding steroid dienone is 3. The van der Waals surface area contributed by atoms with Gasteiger partial charge in [0.2, 0.25) is 5.91 Å². The molecule has 1 aliphatic heterocycles. The van der Waals surface area contributed by atoms with Crippen LogP contribution in [-0.4, -0.2) is 98.7 Å². The summed E-state index contributed by atoms with van der Waals surface area (Å²) in [6, 6.07) is -0.994. The molecular weight excluding hydrogens is 891 g/mol. The van der Waals surface area contributed by atoms with E-state index in [1.54, 1.807) is 6.08 Å². The van der Waals surface area contributed by atoms with E-state index in [2.05, 4.69) is 31.3 Å². The molecule has 0 spiro atoms. The van der Waals surface area contributed by atoms with E-state index in [1.165, 1.54) is 231 Å². The smallest absolute Gasteiger partial charge is 0.249 e. The van der Waals surface area contributed by atoms with E-state index in [1.807, 2.05) is 6.08 Å². The summed E-state index contributed by atoms with van der Waals surface area (Å²) in [7, 11) is 0. The summed E-state index contributed by atoms with van der Waals surface area (Å²) in [4.78, 5) is 13.1. The largest absolute Gasteiger partial charge is 0.394 e. The number of amides is 1. The van der Waals surface area contributed by atoms with Crippen LogP contribution in [-0.2, 0) is 14.3 Å². The molecule has 420 valence electrons. The zero-order valence-electron chi connectivity index (χ0n) is 46.4. The zero-order chi connectivity index (χ0) is 51.7. The number of rotatable bonds is 53. The van der Waals surface area contributed by atoms with Crippen LogP contribution in [0.15, 0.2) is 24.3 Å². The molecule has 1 heterocycles. The lowest BCUT2D eigenvalue weighted by Crippen LogP contribution is -2.60. The van der Waals surface area contributed by atoms with Crippen LogP contribution < -0.4 is 5.32 Å². The summed E-state index contributed by atoms with van der Waals surface area (Å²) in [6.07, 6.45) is 54.5. The number of ether oxygens (including phenoxy) is 2. The summed E-state index contributed by atoms with van der Waals surface area (Å²) in [6.45, 7) is 3.63. The second-order valence-corrected chi connectivity index (χ2v) is 21.6. The summed E-state index contributed by atoms with van der Waals surface area (Å²) >= 11 is 0. The predicted octanol–water partition coefficient (Wildman–Crippen LogP) is 14.3. The highest BCUT2D eigenvalue weighted by Crippen LogP contribution is 2.23. The first-order valence-electron chi connectivity index (χ1n) is 30.7. The number of carbonyl (C=O) groups is 1. The molecule has 0 aromatic heterocycles. The molecule has 0 radical (unpaired) electrons. The van der Waals surface area contributed by atoms with Gasteiger partial charge in [-0.1, -0.05) is 289 Å². The molecule has 10 nitrogen and oxygen atoms in total. The number of nitrogens with one attached hydrogen (secondary N) is 1. The van der Waals surface area contributed by atoms with E-state index in [-0.39, 0.29) is 6.61 Å². The molecule has 1 amide bonds. The third-order valence-electron chi connectivity index (χ3n) is 14.9. The van der Waals surface area contributed by atoms with Crippen molar-refractivity contribution in [1.82, 2.24) is 5.32 Å². The van der Waals surface area contributed by atoms with Crippen molar-refractivity contribution < 1.29 is 44.9 Å². The van der Waals surface area contributed by atoms with Crippen molar-refractivity contribution in [2.75, 3.05) is 13.2 Å². The highest BCUT2D eigenvalue weighted by atomic mass is 16.7. The minimum absolute atomic E-state index is 0.309. The summed E-state index contributed by atoms with van der Waals surface area (Å²) in [5.74, 6) is -0.621. The van der Waals surface area contributed by atoms with Crippen LogP contribution in [0.1, 0.15) is 296 Å².